The van der Waals surface area contributed by atoms with E-state index in [1.807, 2.05) is 0 Å². The lowest BCUT2D eigenvalue weighted by Gasteiger charge is -1.91. The Kier molecular flexibility index (Phi) is 5.58. The molecule has 0 atom stereocenters. The smallest absolute Gasteiger partial charge is 0.0496 e. The molecule has 0 saturated carbocycles. The molecule has 44 valence electrons. The molecular formula is C5H12S2. The first kappa shape index (κ1) is 5.83. The summed E-state index contributed by atoms with van der Waals surface area (Å²) in [6, 6.07) is 0. The van der Waals surface area contributed by atoms with Gasteiger partial charge in [0, 0.05) is 6.43 Å². The maximum Gasteiger partial charge on any atom is 0.0496 e. The highest BCUT2D eigenvalue weighted by molar-refractivity contribution is 8.15. The van der Waals surface area contributed by atoms with E-state index in [4.69, 9.17) is 1.37 Å². The van der Waals surface area contributed by atoms with Gasteiger partial charge in [-0.1, -0.05) is 13.8 Å². The molecular weight excluding hydrogens is 124 g/mol. The summed E-state index contributed by atoms with van der Waals surface area (Å²) in [6.45, 7) is 4.17. The van der Waals surface area contributed by atoms with Crippen LogP contribution in [0.5, 0.6) is 0 Å². The van der Waals surface area contributed by atoms with E-state index in [-0.39, 0.29) is 5.06 Å². The zero-order valence-corrected chi connectivity index (χ0v) is 6.44. The Hall–Kier alpha value is 0.700. The van der Waals surface area contributed by atoms with E-state index in [1.165, 1.54) is 0 Å². The highest BCUT2D eigenvalue weighted by Crippen LogP contribution is 2.09. The molecule has 0 aromatic carbocycles. The monoisotopic (exact) mass is 138 g/mol. The van der Waals surface area contributed by atoms with E-state index in [1.54, 1.807) is 23.5 Å². The van der Waals surface area contributed by atoms with Crippen molar-refractivity contribution in [3.63, 3.8) is 0 Å². The van der Waals surface area contributed by atoms with Gasteiger partial charge in [0.1, 0.15) is 0 Å². The molecule has 0 heterocycles. The third kappa shape index (κ3) is 6.70. The van der Waals surface area contributed by atoms with Crippen LogP contribution in [-0.2, 0) is 0 Å². The zero-order chi connectivity index (χ0) is 6.41. The van der Waals surface area contributed by atoms with Crippen LogP contribution in [0.3, 0.4) is 0 Å². The Bertz CT molecular complexity index is 43.7. The van der Waals surface area contributed by atoms with Gasteiger partial charge in [-0.15, -0.1) is 0 Å². The lowest BCUT2D eigenvalue weighted by molar-refractivity contribution is 1.52. The third-order valence-electron chi connectivity index (χ3n) is 0.469. The van der Waals surface area contributed by atoms with E-state index in [0.717, 1.165) is 11.5 Å². The van der Waals surface area contributed by atoms with Gasteiger partial charge in [0.2, 0.25) is 0 Å². The van der Waals surface area contributed by atoms with E-state index in [2.05, 4.69) is 13.8 Å². The largest absolute Gasteiger partial charge is 0.151 e. The topological polar surface area (TPSA) is 0 Å². The van der Waals surface area contributed by atoms with Crippen molar-refractivity contribution in [1.29, 1.82) is 0 Å². The van der Waals surface area contributed by atoms with Gasteiger partial charge in [-0.2, -0.15) is 23.5 Å². The summed E-state index contributed by atoms with van der Waals surface area (Å²) in [6.07, 6.45) is 0. The molecule has 0 rings (SSSR count). The molecule has 0 fully saturated rings. The first-order chi connectivity index (χ1) is 3.81. The van der Waals surface area contributed by atoms with Crippen LogP contribution in [0.2, 0.25) is 0 Å². The van der Waals surface area contributed by atoms with Crippen molar-refractivity contribution >= 4 is 23.5 Å². The Morgan fingerprint density at radius 3 is 2.00 bits per heavy atom. The highest BCUT2D eigenvalue weighted by atomic mass is 32.2. The van der Waals surface area contributed by atoms with Crippen LogP contribution in [0.4, 0.5) is 0 Å². The van der Waals surface area contributed by atoms with Crippen LogP contribution in [0.1, 0.15) is 15.2 Å². The number of thioether (sulfide) groups is 2. The summed E-state index contributed by atoms with van der Waals surface area (Å²) in [7, 11) is 0. The SMILES string of the molecule is [3H]C(SCC)SCC. The molecule has 0 spiro atoms. The first-order valence-corrected chi connectivity index (χ1v) is 4.56. The Morgan fingerprint density at radius 1 is 1.29 bits per heavy atom. The fraction of sp³-hybridized carbons (Fsp3) is 1.00. The molecule has 0 radical (unpaired) electrons. The maximum atomic E-state index is 7.30. The molecule has 2 heteroatoms. The van der Waals surface area contributed by atoms with E-state index in [9.17, 15) is 0 Å². The first-order valence-electron chi connectivity index (χ1n) is 3.04. The minimum absolute atomic E-state index is 0.0463. The molecule has 0 amide bonds. The van der Waals surface area contributed by atoms with Crippen molar-refractivity contribution in [1.82, 2.24) is 0 Å². The Morgan fingerprint density at radius 2 is 1.71 bits per heavy atom. The average Bonchev–Trinajstić information content (AvgIpc) is 1.68. The van der Waals surface area contributed by atoms with Gasteiger partial charge in [0.25, 0.3) is 0 Å². The molecule has 0 aromatic heterocycles. The Labute approximate surface area is 55.9 Å². The third-order valence-corrected chi connectivity index (χ3v) is 2.22. The van der Waals surface area contributed by atoms with Gasteiger partial charge < -0.3 is 0 Å². The second kappa shape index (κ2) is 6.70. The quantitative estimate of drug-likeness (QED) is 0.547. The van der Waals surface area contributed by atoms with Gasteiger partial charge in [-0.3, -0.25) is 0 Å². The average molecular weight is 138 g/mol. The second-order valence-electron chi connectivity index (χ2n) is 1.01. The van der Waals surface area contributed by atoms with E-state index < -0.39 is 0 Å². The van der Waals surface area contributed by atoms with Crippen molar-refractivity contribution in [2.75, 3.05) is 16.6 Å². The van der Waals surface area contributed by atoms with Gasteiger partial charge in [-0.05, 0) is 11.5 Å². The van der Waals surface area contributed by atoms with Gasteiger partial charge in [0.05, 0.1) is 0 Å². The molecule has 0 aliphatic heterocycles. The number of hydrogen-bond donors (Lipinski definition) is 0. The van der Waals surface area contributed by atoms with Crippen LogP contribution >= 0.6 is 23.5 Å². The predicted octanol–water partition coefficient (Wildman–Crippen LogP) is 2.45. The number of rotatable bonds is 4. The minimum Gasteiger partial charge on any atom is -0.151 e. The van der Waals surface area contributed by atoms with Crippen LogP contribution in [0, 0.1) is 0 Å². The second-order valence-corrected chi connectivity index (χ2v) is 3.60. The van der Waals surface area contributed by atoms with Crippen molar-refractivity contribution in [3.05, 3.63) is 0 Å². The summed E-state index contributed by atoms with van der Waals surface area (Å²) in [5.74, 6) is 2.11. The lowest BCUT2D eigenvalue weighted by atomic mass is 11.0. The molecule has 7 heavy (non-hydrogen) atoms. The van der Waals surface area contributed by atoms with Crippen molar-refractivity contribution in [3.8, 4) is 0 Å². The van der Waals surface area contributed by atoms with Crippen molar-refractivity contribution in [2.45, 2.75) is 13.8 Å². The van der Waals surface area contributed by atoms with Crippen molar-refractivity contribution < 1.29 is 1.37 Å². The minimum atomic E-state index is 0.0463. The normalized spacial score (nSPS) is 12.1. The molecule has 0 nitrogen and oxygen atoms in total. The van der Waals surface area contributed by atoms with Crippen molar-refractivity contribution in [2.24, 2.45) is 0 Å². The zero-order valence-electron chi connectivity index (χ0n) is 5.81. The van der Waals surface area contributed by atoms with Crippen LogP contribution < -0.4 is 0 Å². The van der Waals surface area contributed by atoms with E-state index >= 15 is 0 Å². The summed E-state index contributed by atoms with van der Waals surface area (Å²) < 4.78 is 7.30. The summed E-state index contributed by atoms with van der Waals surface area (Å²) >= 11 is 3.37. The molecule has 0 aromatic rings. The standard InChI is InChI=1S/C5H12S2/c1-3-6-5-7-4-2/h3-5H2,1-2H3/i5T. The summed E-state index contributed by atoms with van der Waals surface area (Å²) in [5, 5.41) is 0.0463. The van der Waals surface area contributed by atoms with Gasteiger partial charge in [0.15, 0.2) is 0 Å². The fourth-order valence-electron chi connectivity index (χ4n) is 0.184. The van der Waals surface area contributed by atoms with E-state index in [0.29, 0.717) is 0 Å². The molecule has 0 bridgehead atoms. The molecule has 0 unspecified atom stereocenters. The molecule has 0 aliphatic rings. The molecule has 0 saturated heterocycles. The van der Waals surface area contributed by atoms with Crippen LogP contribution in [0.25, 0.3) is 0 Å². The van der Waals surface area contributed by atoms with Gasteiger partial charge in [-0.25, -0.2) is 0 Å². The number of hydrogen-bond acceptors (Lipinski definition) is 2. The maximum absolute atomic E-state index is 7.30. The fourth-order valence-corrected chi connectivity index (χ4v) is 1.66. The highest BCUT2D eigenvalue weighted by Gasteiger charge is 1.79. The van der Waals surface area contributed by atoms with Crippen LogP contribution in [-0.4, -0.2) is 16.6 Å². The van der Waals surface area contributed by atoms with Gasteiger partial charge >= 0.3 is 0 Å². The predicted molar refractivity (Wildman–Crippen MR) is 41.1 cm³/mol. The summed E-state index contributed by atoms with van der Waals surface area (Å²) in [4.78, 5) is 0. The molecule has 0 aliphatic carbocycles. The Balaban J connectivity index is 2.92. The lowest BCUT2D eigenvalue weighted by Crippen LogP contribution is -1.71. The van der Waals surface area contributed by atoms with Crippen LogP contribution in [0.15, 0.2) is 0 Å². The summed E-state index contributed by atoms with van der Waals surface area (Å²) in [5.41, 5.74) is 0. The molecule has 0 N–H and O–H groups in total.